The molecule has 1 heterocycles. The van der Waals surface area contributed by atoms with Crippen LogP contribution in [0.25, 0.3) is 10.1 Å². The van der Waals surface area contributed by atoms with Crippen molar-refractivity contribution in [2.45, 2.75) is 31.0 Å². The first-order valence-electron chi connectivity index (χ1n) is 6.11. The van der Waals surface area contributed by atoms with Crippen molar-refractivity contribution in [3.63, 3.8) is 0 Å². The van der Waals surface area contributed by atoms with E-state index >= 15 is 0 Å². The average molecular weight is 299 g/mol. The third-order valence-corrected chi connectivity index (χ3v) is 5.67. The molecule has 0 atom stereocenters. The van der Waals surface area contributed by atoms with Gasteiger partial charge < -0.3 is 4.74 Å². The Morgan fingerprint density at radius 1 is 1.32 bits per heavy atom. The van der Waals surface area contributed by atoms with Crippen LogP contribution >= 0.6 is 11.3 Å². The average Bonchev–Trinajstić information content (AvgIpc) is 2.71. The summed E-state index contributed by atoms with van der Waals surface area (Å²) < 4.78 is 33.4. The molecule has 0 unspecified atom stereocenters. The number of fused-ring (bicyclic) bond motifs is 1. The predicted octanol–water partition coefficient (Wildman–Crippen LogP) is 2.99. The molecule has 1 aromatic heterocycles. The smallest absolute Gasteiger partial charge is 0.250 e. The van der Waals surface area contributed by atoms with Gasteiger partial charge in [-0.25, -0.2) is 13.1 Å². The molecule has 0 saturated carbocycles. The molecule has 0 amide bonds. The van der Waals surface area contributed by atoms with E-state index < -0.39 is 10.0 Å². The largest absolute Gasteiger partial charge is 0.494 e. The summed E-state index contributed by atoms with van der Waals surface area (Å²) >= 11 is 1.26. The number of ether oxygens (including phenoxy) is 1. The Hall–Kier alpha value is -1.11. The van der Waals surface area contributed by atoms with E-state index in [9.17, 15) is 8.42 Å². The van der Waals surface area contributed by atoms with Crippen LogP contribution in [-0.2, 0) is 10.0 Å². The number of sulfonamides is 1. The third kappa shape index (κ3) is 3.26. The highest BCUT2D eigenvalue weighted by Gasteiger charge is 2.18. The minimum absolute atomic E-state index is 0.116. The van der Waals surface area contributed by atoms with Gasteiger partial charge in [-0.3, -0.25) is 0 Å². The van der Waals surface area contributed by atoms with E-state index in [1.807, 2.05) is 25.1 Å². The summed E-state index contributed by atoms with van der Waals surface area (Å²) in [6.07, 6.45) is 0. The fourth-order valence-electron chi connectivity index (χ4n) is 1.74. The molecule has 0 aliphatic heterocycles. The van der Waals surface area contributed by atoms with Gasteiger partial charge in [-0.15, -0.1) is 11.3 Å². The highest BCUT2D eigenvalue weighted by Crippen LogP contribution is 2.31. The molecule has 104 valence electrons. The van der Waals surface area contributed by atoms with Crippen molar-refractivity contribution in [2.75, 3.05) is 6.61 Å². The summed E-state index contributed by atoms with van der Waals surface area (Å²) in [4.78, 5) is 0. The summed E-state index contributed by atoms with van der Waals surface area (Å²) in [7, 11) is -3.42. The van der Waals surface area contributed by atoms with Crippen LogP contribution in [0.1, 0.15) is 20.8 Å². The van der Waals surface area contributed by atoms with Gasteiger partial charge in [-0.05, 0) is 50.4 Å². The molecule has 0 bridgehead atoms. The van der Waals surface area contributed by atoms with Crippen LogP contribution in [0, 0.1) is 0 Å². The van der Waals surface area contributed by atoms with Gasteiger partial charge in [-0.1, -0.05) is 0 Å². The molecule has 6 heteroatoms. The summed E-state index contributed by atoms with van der Waals surface area (Å²) in [5, 5.41) is 0.914. The van der Waals surface area contributed by atoms with Crippen LogP contribution in [-0.4, -0.2) is 21.1 Å². The highest BCUT2D eigenvalue weighted by atomic mass is 32.2. The number of benzene rings is 1. The van der Waals surface area contributed by atoms with Crippen LogP contribution in [0.2, 0.25) is 0 Å². The molecule has 0 saturated heterocycles. The fraction of sp³-hybridized carbons (Fsp3) is 0.385. The van der Waals surface area contributed by atoms with Crippen molar-refractivity contribution in [3.8, 4) is 5.75 Å². The first-order valence-corrected chi connectivity index (χ1v) is 8.41. The summed E-state index contributed by atoms with van der Waals surface area (Å²) in [5.74, 6) is 0.762. The molecule has 19 heavy (non-hydrogen) atoms. The Morgan fingerprint density at radius 2 is 2.05 bits per heavy atom. The van der Waals surface area contributed by atoms with E-state index in [0.29, 0.717) is 10.8 Å². The lowest BCUT2D eigenvalue weighted by Gasteiger charge is -2.06. The van der Waals surface area contributed by atoms with Gasteiger partial charge in [0, 0.05) is 10.7 Å². The summed E-state index contributed by atoms with van der Waals surface area (Å²) in [6.45, 7) is 6.12. The second-order valence-electron chi connectivity index (χ2n) is 4.47. The second-order valence-corrected chi connectivity index (χ2v) is 7.50. The van der Waals surface area contributed by atoms with Gasteiger partial charge in [0.25, 0.3) is 0 Å². The fourth-order valence-corrected chi connectivity index (χ4v) is 4.44. The maximum atomic E-state index is 12.1. The number of thiophene rings is 1. The third-order valence-electron chi connectivity index (χ3n) is 2.44. The van der Waals surface area contributed by atoms with Crippen LogP contribution in [0.4, 0.5) is 0 Å². The predicted molar refractivity (Wildman–Crippen MR) is 78.5 cm³/mol. The van der Waals surface area contributed by atoms with Crippen molar-refractivity contribution < 1.29 is 13.2 Å². The molecule has 4 nitrogen and oxygen atoms in total. The van der Waals surface area contributed by atoms with Gasteiger partial charge in [0.1, 0.15) is 9.96 Å². The van der Waals surface area contributed by atoms with E-state index in [0.717, 1.165) is 15.8 Å². The molecular weight excluding hydrogens is 282 g/mol. The maximum absolute atomic E-state index is 12.1. The quantitative estimate of drug-likeness (QED) is 0.923. The van der Waals surface area contributed by atoms with Gasteiger partial charge >= 0.3 is 0 Å². The van der Waals surface area contributed by atoms with Gasteiger partial charge in [0.2, 0.25) is 10.0 Å². The Morgan fingerprint density at radius 3 is 2.68 bits per heavy atom. The van der Waals surface area contributed by atoms with Crippen molar-refractivity contribution in [2.24, 2.45) is 0 Å². The Bertz CT molecular complexity index is 674. The second kappa shape index (κ2) is 5.48. The molecule has 1 N–H and O–H groups in total. The number of nitrogens with one attached hydrogen (secondary N) is 1. The van der Waals surface area contributed by atoms with Crippen molar-refractivity contribution in [1.29, 1.82) is 0 Å². The molecule has 0 fully saturated rings. The minimum atomic E-state index is -3.42. The zero-order valence-electron chi connectivity index (χ0n) is 11.1. The van der Waals surface area contributed by atoms with E-state index in [1.54, 1.807) is 19.9 Å². The Labute approximate surface area is 117 Å². The molecule has 0 radical (unpaired) electrons. The molecule has 0 aliphatic carbocycles. The standard InChI is InChI=1S/C13H17NO3S2/c1-4-17-11-6-5-10-7-13(18-12(10)8-11)19(15,16)14-9(2)3/h5-9,14H,4H2,1-3H3. The van der Waals surface area contributed by atoms with Gasteiger partial charge in [0.05, 0.1) is 6.61 Å². The topological polar surface area (TPSA) is 55.4 Å². The molecule has 0 aliphatic rings. The van der Waals surface area contributed by atoms with Crippen LogP contribution < -0.4 is 9.46 Å². The molecule has 2 aromatic rings. The molecule has 1 aromatic carbocycles. The van der Waals surface area contributed by atoms with Gasteiger partial charge in [0.15, 0.2) is 0 Å². The van der Waals surface area contributed by atoms with Gasteiger partial charge in [-0.2, -0.15) is 0 Å². The molecule has 2 rings (SSSR count). The first-order chi connectivity index (χ1) is 8.92. The number of hydrogen-bond donors (Lipinski definition) is 1. The first kappa shape index (κ1) is 14.3. The van der Waals surface area contributed by atoms with E-state index in [-0.39, 0.29) is 6.04 Å². The normalized spacial score (nSPS) is 12.2. The maximum Gasteiger partial charge on any atom is 0.250 e. The summed E-state index contributed by atoms with van der Waals surface area (Å²) in [5.41, 5.74) is 0. The lowest BCUT2D eigenvalue weighted by atomic mass is 10.2. The molecule has 0 spiro atoms. The lowest BCUT2D eigenvalue weighted by molar-refractivity contribution is 0.341. The minimum Gasteiger partial charge on any atom is -0.494 e. The lowest BCUT2D eigenvalue weighted by Crippen LogP contribution is -2.29. The number of rotatable bonds is 5. The van der Waals surface area contributed by atoms with E-state index in [2.05, 4.69) is 4.72 Å². The zero-order chi connectivity index (χ0) is 14.0. The highest BCUT2D eigenvalue weighted by molar-refractivity contribution is 7.91. The molecular formula is C13H17NO3S2. The SMILES string of the molecule is CCOc1ccc2cc(S(=O)(=O)NC(C)C)sc2c1. The zero-order valence-corrected chi connectivity index (χ0v) is 12.8. The van der Waals surface area contributed by atoms with Crippen molar-refractivity contribution in [1.82, 2.24) is 4.72 Å². The van der Waals surface area contributed by atoms with Crippen LogP contribution in [0.3, 0.4) is 0 Å². The summed E-state index contributed by atoms with van der Waals surface area (Å²) in [6, 6.07) is 7.18. The van der Waals surface area contributed by atoms with Crippen LogP contribution in [0.5, 0.6) is 5.75 Å². The van der Waals surface area contributed by atoms with E-state index in [4.69, 9.17) is 4.74 Å². The monoisotopic (exact) mass is 299 g/mol. The van der Waals surface area contributed by atoms with Crippen molar-refractivity contribution in [3.05, 3.63) is 24.3 Å². The van der Waals surface area contributed by atoms with Crippen LogP contribution in [0.15, 0.2) is 28.5 Å². The Balaban J connectivity index is 2.41. The van der Waals surface area contributed by atoms with E-state index in [1.165, 1.54) is 11.3 Å². The Kier molecular flexibility index (Phi) is 4.13. The van der Waals surface area contributed by atoms with Crippen molar-refractivity contribution >= 4 is 31.4 Å². The number of hydrogen-bond acceptors (Lipinski definition) is 4.